The molecule has 11 amide bonds. The molecule has 14 rings (SSSR count). The Hall–Kier alpha value is -12.4. The highest BCUT2D eigenvalue weighted by Gasteiger charge is 2.50. The number of ether oxygens (including phenoxy) is 6. The number of amides is 11. The van der Waals surface area contributed by atoms with Crippen LogP contribution in [0.3, 0.4) is 0 Å². The zero-order valence-corrected chi connectivity index (χ0v) is 73.1. The smallest absolute Gasteiger partial charge is 0.253 e. The average Bonchev–Trinajstić information content (AvgIpc) is 0.788. The summed E-state index contributed by atoms with van der Waals surface area (Å²) in [5.41, 5.74) is 20.1. The second-order valence-electron chi connectivity index (χ2n) is 33.4. The Labute approximate surface area is 763 Å². The van der Waals surface area contributed by atoms with Crippen LogP contribution in [0.2, 0.25) is 10.0 Å². The van der Waals surface area contributed by atoms with Crippen molar-refractivity contribution in [3.05, 3.63) is 165 Å². The number of H-pyrrole nitrogens is 1. The molecule has 2 saturated heterocycles. The van der Waals surface area contributed by atoms with Crippen LogP contribution in [-0.4, -0.2) is 243 Å². The van der Waals surface area contributed by atoms with E-state index in [1.165, 1.54) is 69.8 Å². The molecule has 7 aliphatic heterocycles. The van der Waals surface area contributed by atoms with E-state index in [0.717, 1.165) is 66.7 Å². The van der Waals surface area contributed by atoms with Crippen molar-refractivity contribution >= 4 is 88.2 Å². The first-order chi connectivity index (χ1) is 62.6. The summed E-state index contributed by atoms with van der Waals surface area (Å²) in [5, 5.41) is 139. The molecule has 1 unspecified atom stereocenters. The second kappa shape index (κ2) is 42.4. The van der Waals surface area contributed by atoms with E-state index in [2.05, 4.69) is 63.1 Å². The molecule has 0 radical (unpaired) electrons. The van der Waals surface area contributed by atoms with Gasteiger partial charge in [0.05, 0.1) is 59.4 Å². The molecule has 0 spiro atoms. The standard InChI is InChI=1S/C87H104Cl2N16O27/c1-35(2)20-50(94-5)77(118)103-67-69(112)39-12-17-56(47(88)23-39)128-58-25-41-26-59(74(58)132-86-72(115)71(114)70(113)60(33-106)130-86)129-57-18-13-40(24-48(57)89)73(131-62-31-87(4,93)75(116)36(3)127-62)68-85(126)102-66(83(124)105-80(121)51(21-37-9-14-43(107)15-10-37)98-78(119)52(27-42-32-95-34-96-42)97-76(117)49(91)8-6-7-19-90)46-28-44(108)29-55(110)63(46)45-22-38(11-16-54(45)109)64(81(122)104-68)101-82(123)65(41)100-79(120)53(30-61(92)111)99-84(67)125/h9-18,22-26,28-29,32,34-36,49-53,60,62,64-73,75,86,94,106-110,112-116H,6-8,19-21,27,30-31,33,90-91,93H2,1-5H3,(H2,92,111)(H,95,96)(H,97,117)(H,98,119)(H,99,125)(H,100,120)(H,101,123)(H,102,126)(H,103,118)(H,104,122)(H,105,121,124)/t36-,49-,50+,51-,52-,53-,60+,62-,64+,65+,66+,67+,68?,69+,70+,71-,72+,73+,75-,86-,87-/m0/s1. The van der Waals surface area contributed by atoms with Gasteiger partial charge in [-0.1, -0.05) is 73.8 Å². The molecule has 29 N–H and O–H groups in total. The molecule has 2 fully saturated rings. The molecule has 0 saturated carbocycles. The highest BCUT2D eigenvalue weighted by atomic mass is 35.5. The lowest BCUT2D eigenvalue weighted by Gasteiger charge is -2.44. The van der Waals surface area contributed by atoms with E-state index in [1.54, 1.807) is 13.8 Å². The zero-order chi connectivity index (χ0) is 95.8. The lowest BCUT2D eigenvalue weighted by molar-refractivity contribution is -0.277. The molecule has 43 nitrogen and oxygen atoms in total. The summed E-state index contributed by atoms with van der Waals surface area (Å²) in [5.74, 6) is -20.3. The van der Waals surface area contributed by atoms with Crippen LogP contribution in [0.15, 0.2) is 116 Å². The first kappa shape index (κ1) is 98.6. The number of primary amides is 1. The summed E-state index contributed by atoms with van der Waals surface area (Å²) in [6.45, 7) is 5.76. The van der Waals surface area contributed by atoms with Crippen molar-refractivity contribution in [1.82, 2.24) is 63.1 Å². The SMILES string of the molecule is CN[C@H](CC(C)C)C(=O)N[C@H]1C(=O)N[C@@H](CC(N)=O)C(=O)N[C@H]2C(=O)N[C@H]3C(=O)NC(C(=O)N[C@@H](C(=O)NC(=O)[C@H](Cc4ccc(O)cc4)NC(=O)[C@H](Cc4c[nH]cn4)NC(=O)[C@@H](N)CCCCN)c4cc(O)cc(O)c4-c4cc3ccc4O)[C@H](O[C@H]3C[C@](C)(N)[C@@H](O)[C@H](C)O3)c3ccc(c(Cl)c3)Oc3cc2cc(c3O[C@@H]2O[C@H](CO)[C@@H](O)[C@H](O)[C@H]2O)Oc2ccc(cc2Cl)[C@H]1O. The van der Waals surface area contributed by atoms with E-state index in [0.29, 0.717) is 19.4 Å². The number of aliphatic hydroxyl groups excluding tert-OH is 6. The maximum atomic E-state index is 16.6. The van der Waals surface area contributed by atoms with Gasteiger partial charge in [-0.15, -0.1) is 0 Å². The number of nitrogens with two attached hydrogens (primary N) is 4. The summed E-state index contributed by atoms with van der Waals surface area (Å²) in [6.07, 6.45) is -17.1. The Bertz CT molecular complexity index is 5470. The number of likely N-dealkylation sites (N-methyl/N-ethyl adjacent to an activating group) is 1. The molecule has 132 heavy (non-hydrogen) atoms. The van der Waals surface area contributed by atoms with Gasteiger partial charge in [-0.05, 0) is 153 Å². The van der Waals surface area contributed by atoms with E-state index in [-0.39, 0.29) is 59.1 Å². The minimum absolute atomic E-state index is 0.135. The van der Waals surface area contributed by atoms with E-state index in [4.69, 9.17) is 74.6 Å². The predicted molar refractivity (Wildman–Crippen MR) is 464 cm³/mol. The van der Waals surface area contributed by atoms with Crippen LogP contribution < -0.4 is 90.3 Å². The topological polar surface area (TPSA) is 699 Å². The molecule has 11 bridgehead atoms. The van der Waals surface area contributed by atoms with Crippen LogP contribution in [0.25, 0.3) is 11.1 Å². The van der Waals surface area contributed by atoms with Crippen molar-refractivity contribution in [1.29, 1.82) is 0 Å². The number of aromatic amines is 1. The van der Waals surface area contributed by atoms with Crippen LogP contribution >= 0.6 is 23.2 Å². The van der Waals surface area contributed by atoms with Gasteiger partial charge in [0.1, 0.15) is 119 Å². The van der Waals surface area contributed by atoms with E-state index in [1.807, 2.05) is 0 Å². The molecular formula is C87H104Cl2N16O27. The van der Waals surface area contributed by atoms with Gasteiger partial charge in [-0.25, -0.2) is 4.98 Å². The van der Waals surface area contributed by atoms with Gasteiger partial charge in [0, 0.05) is 48.2 Å². The number of carbonyl (C=O) groups excluding carboxylic acids is 11. The summed E-state index contributed by atoms with van der Waals surface area (Å²) in [4.78, 5) is 175. The molecule has 21 atom stereocenters. The van der Waals surface area contributed by atoms with Gasteiger partial charge in [0.2, 0.25) is 71.1 Å². The molecule has 7 aromatic rings. The molecule has 6 aromatic carbocycles. The monoisotopic (exact) mass is 1870 g/mol. The van der Waals surface area contributed by atoms with Crippen LogP contribution in [0, 0.1) is 5.92 Å². The van der Waals surface area contributed by atoms with Crippen molar-refractivity contribution in [2.75, 3.05) is 20.2 Å². The number of halogens is 2. The number of nitrogens with zero attached hydrogens (tertiary/aromatic N) is 1. The van der Waals surface area contributed by atoms with Gasteiger partial charge in [0.15, 0.2) is 17.8 Å². The number of hydrogen-bond donors (Lipinski definition) is 25. The third-order valence-corrected chi connectivity index (χ3v) is 23.5. The maximum absolute atomic E-state index is 16.6. The van der Waals surface area contributed by atoms with E-state index >= 15 is 33.6 Å². The maximum Gasteiger partial charge on any atom is 0.253 e. The number of benzene rings is 6. The van der Waals surface area contributed by atoms with E-state index < -0.39 is 296 Å². The second-order valence-corrected chi connectivity index (χ2v) is 34.2. The van der Waals surface area contributed by atoms with Crippen molar-refractivity contribution in [3.63, 3.8) is 0 Å². The minimum atomic E-state index is -2.49. The molecular weight excluding hydrogens is 1770 g/mol. The number of imidazole rings is 1. The minimum Gasteiger partial charge on any atom is -0.508 e. The molecule has 1 aromatic heterocycles. The normalized spacial score (nSPS) is 25.9. The number of aliphatic hydroxyl groups is 6. The number of aromatic hydroxyl groups is 4. The summed E-state index contributed by atoms with van der Waals surface area (Å²) < 4.78 is 38.6. The Morgan fingerprint density at radius 1 is 0.659 bits per heavy atom. The van der Waals surface area contributed by atoms with E-state index in [9.17, 15) is 70.2 Å². The van der Waals surface area contributed by atoms with Crippen LogP contribution in [0.4, 0.5) is 0 Å². The number of fused-ring (bicyclic) bond motifs is 15. The van der Waals surface area contributed by atoms with Crippen LogP contribution in [0.1, 0.15) is 136 Å². The number of unbranched alkanes of at least 4 members (excludes halogenated alkanes) is 1. The number of rotatable bonds is 26. The largest absolute Gasteiger partial charge is 0.508 e. The number of imide groups is 1. The quantitative estimate of drug-likeness (QED) is 0.0289. The zero-order valence-electron chi connectivity index (χ0n) is 71.6. The van der Waals surface area contributed by atoms with Gasteiger partial charge >= 0.3 is 0 Å². The van der Waals surface area contributed by atoms with Crippen LogP contribution in [0.5, 0.6) is 51.7 Å². The van der Waals surface area contributed by atoms with Crippen molar-refractivity contribution in [2.45, 2.75) is 206 Å². The molecule has 708 valence electrons. The van der Waals surface area contributed by atoms with Crippen molar-refractivity contribution in [2.24, 2.45) is 28.9 Å². The summed E-state index contributed by atoms with van der Waals surface area (Å²) in [7, 11) is 1.46. The Balaban J connectivity index is 1.06. The number of aromatic nitrogens is 2. The van der Waals surface area contributed by atoms with Gasteiger partial charge < -0.3 is 155 Å². The van der Waals surface area contributed by atoms with Crippen molar-refractivity contribution in [3.8, 4) is 62.9 Å². The van der Waals surface area contributed by atoms with Gasteiger partial charge in [0.25, 0.3) is 5.91 Å². The fraction of sp³-hybridized carbons (Fsp3) is 0.425. The Morgan fingerprint density at radius 2 is 1.30 bits per heavy atom. The lowest BCUT2D eigenvalue weighted by Crippen LogP contribution is -2.61. The summed E-state index contributed by atoms with van der Waals surface area (Å²) in [6, 6.07) is -0.996. The number of carbonyl (C=O) groups is 11. The third kappa shape index (κ3) is 23.0. The molecule has 0 aliphatic carbocycles. The third-order valence-electron chi connectivity index (χ3n) is 22.9. The first-order valence-corrected chi connectivity index (χ1v) is 42.8. The average molecular weight is 1880 g/mol. The number of phenolic OH excluding ortho intramolecular Hbond substituents is 4. The fourth-order valence-corrected chi connectivity index (χ4v) is 16.3. The number of phenols is 4. The lowest BCUT2D eigenvalue weighted by atomic mass is 9.86. The highest BCUT2D eigenvalue weighted by Crippen LogP contribution is 2.50. The first-order valence-electron chi connectivity index (χ1n) is 42.0. The molecule has 8 heterocycles. The number of hydrogen-bond acceptors (Lipinski definition) is 32. The Morgan fingerprint density at radius 3 is 1.92 bits per heavy atom. The van der Waals surface area contributed by atoms with Gasteiger partial charge in [-0.2, -0.15) is 0 Å². The summed E-state index contributed by atoms with van der Waals surface area (Å²) >= 11 is 14.5. The molecule has 7 aliphatic rings. The highest BCUT2D eigenvalue weighted by molar-refractivity contribution is 6.32. The molecule has 45 heteroatoms. The van der Waals surface area contributed by atoms with Crippen LogP contribution in [-0.2, 0) is 79.8 Å². The number of nitrogens with one attached hydrogen (secondary N) is 11. The predicted octanol–water partition coefficient (Wildman–Crippen LogP) is -0.996. The Kier molecular flexibility index (Phi) is 31.7. The van der Waals surface area contributed by atoms with Gasteiger partial charge in [-0.3, -0.25) is 58.1 Å². The van der Waals surface area contributed by atoms with Crippen molar-refractivity contribution < 1.29 is 132 Å². The fourth-order valence-electron chi connectivity index (χ4n) is 15.9.